The van der Waals surface area contributed by atoms with E-state index in [1.165, 1.54) is 10.9 Å². The second kappa shape index (κ2) is 7.43. The lowest BCUT2D eigenvalue weighted by Crippen LogP contribution is -2.32. The van der Waals surface area contributed by atoms with Crippen LogP contribution in [0.25, 0.3) is 22.2 Å². The third kappa shape index (κ3) is 3.66. The summed E-state index contributed by atoms with van der Waals surface area (Å²) in [6.07, 6.45) is 6.75. The summed E-state index contributed by atoms with van der Waals surface area (Å²) in [5, 5.41) is 7.42. The van der Waals surface area contributed by atoms with Gasteiger partial charge in [-0.1, -0.05) is 18.2 Å². The smallest absolute Gasteiger partial charge is 0.261 e. The van der Waals surface area contributed by atoms with Crippen molar-refractivity contribution in [2.45, 2.75) is 13.1 Å². The molecular formula is C20H18N6O2. The zero-order valence-electron chi connectivity index (χ0n) is 15.2. The summed E-state index contributed by atoms with van der Waals surface area (Å²) in [4.78, 5) is 33.3. The topological polar surface area (TPSA) is 94.7 Å². The first-order valence-corrected chi connectivity index (χ1v) is 8.75. The summed E-state index contributed by atoms with van der Waals surface area (Å²) in [5.41, 5.74) is 3.00. The highest BCUT2D eigenvalue weighted by Gasteiger charge is 2.08. The SMILES string of the molecule is Cn1cc(-c2ccc(CNC(=O)Cn3cnc4ccccc4c3=O)cn2)cn1. The Morgan fingerprint density at radius 2 is 1.96 bits per heavy atom. The molecular weight excluding hydrogens is 356 g/mol. The standard InChI is InChI=1S/C20H18N6O2/c1-25-11-15(10-24-25)17-7-6-14(8-21-17)9-22-19(27)12-26-13-23-18-5-3-2-4-16(18)20(26)28/h2-8,10-11,13H,9,12H2,1H3,(H,22,27). The summed E-state index contributed by atoms with van der Waals surface area (Å²) in [7, 11) is 1.85. The van der Waals surface area contributed by atoms with Gasteiger partial charge in [-0.15, -0.1) is 0 Å². The van der Waals surface area contributed by atoms with Gasteiger partial charge < -0.3 is 5.32 Å². The molecule has 0 aliphatic heterocycles. The van der Waals surface area contributed by atoms with Crippen molar-refractivity contribution in [3.63, 3.8) is 0 Å². The van der Waals surface area contributed by atoms with Crippen molar-refractivity contribution in [3.05, 3.63) is 77.2 Å². The van der Waals surface area contributed by atoms with Crippen molar-refractivity contribution in [2.75, 3.05) is 0 Å². The minimum Gasteiger partial charge on any atom is -0.350 e. The molecule has 0 aliphatic carbocycles. The Bertz CT molecular complexity index is 1190. The molecule has 140 valence electrons. The Morgan fingerprint density at radius 3 is 2.71 bits per heavy atom. The van der Waals surface area contributed by atoms with Crippen molar-refractivity contribution in [1.82, 2.24) is 29.6 Å². The van der Waals surface area contributed by atoms with Crippen LogP contribution in [0.15, 0.2) is 66.1 Å². The van der Waals surface area contributed by atoms with Crippen molar-refractivity contribution in [3.8, 4) is 11.3 Å². The van der Waals surface area contributed by atoms with Crippen LogP contribution in [0, 0.1) is 0 Å². The number of fused-ring (bicyclic) bond motifs is 1. The summed E-state index contributed by atoms with van der Waals surface area (Å²) in [5.74, 6) is -0.268. The number of para-hydroxylation sites is 1. The van der Waals surface area contributed by atoms with Crippen molar-refractivity contribution < 1.29 is 4.79 Å². The first-order chi connectivity index (χ1) is 13.6. The van der Waals surface area contributed by atoms with Crippen LogP contribution in [0.2, 0.25) is 0 Å². The van der Waals surface area contributed by atoms with E-state index >= 15 is 0 Å². The monoisotopic (exact) mass is 374 g/mol. The molecule has 0 radical (unpaired) electrons. The van der Waals surface area contributed by atoms with E-state index in [2.05, 4.69) is 20.4 Å². The number of hydrogen-bond acceptors (Lipinski definition) is 5. The number of pyridine rings is 1. The minimum atomic E-state index is -0.268. The van der Waals surface area contributed by atoms with Crippen LogP contribution in [-0.4, -0.2) is 30.2 Å². The van der Waals surface area contributed by atoms with Crippen LogP contribution >= 0.6 is 0 Å². The fourth-order valence-corrected chi connectivity index (χ4v) is 2.88. The van der Waals surface area contributed by atoms with Crippen LogP contribution < -0.4 is 10.9 Å². The first kappa shape index (κ1) is 17.6. The molecule has 0 atom stereocenters. The molecule has 1 aromatic carbocycles. The fraction of sp³-hybridized carbons (Fsp3) is 0.150. The van der Waals surface area contributed by atoms with Crippen LogP contribution in [0.4, 0.5) is 0 Å². The maximum Gasteiger partial charge on any atom is 0.261 e. The van der Waals surface area contributed by atoms with Gasteiger partial charge in [0.15, 0.2) is 0 Å². The molecule has 1 N–H and O–H groups in total. The molecule has 0 unspecified atom stereocenters. The normalized spacial score (nSPS) is 10.9. The molecule has 4 rings (SSSR count). The molecule has 0 saturated heterocycles. The van der Waals surface area contributed by atoms with Crippen LogP contribution in [0.5, 0.6) is 0 Å². The van der Waals surface area contributed by atoms with E-state index < -0.39 is 0 Å². The molecule has 0 spiro atoms. The zero-order chi connectivity index (χ0) is 19.5. The third-order valence-electron chi connectivity index (χ3n) is 4.36. The van der Waals surface area contributed by atoms with Gasteiger partial charge in [0.25, 0.3) is 5.56 Å². The minimum absolute atomic E-state index is 0.0855. The number of nitrogens with one attached hydrogen (secondary N) is 1. The Labute approximate surface area is 160 Å². The van der Waals surface area contributed by atoms with Gasteiger partial charge >= 0.3 is 0 Å². The second-order valence-electron chi connectivity index (χ2n) is 6.43. The molecule has 1 amide bonds. The highest BCUT2D eigenvalue weighted by molar-refractivity contribution is 5.78. The summed E-state index contributed by atoms with van der Waals surface area (Å²) in [6, 6.07) is 10.9. The predicted octanol–water partition coefficient (Wildman–Crippen LogP) is 1.51. The number of nitrogens with zero attached hydrogens (tertiary/aromatic N) is 5. The van der Waals surface area contributed by atoms with Gasteiger partial charge in [-0.25, -0.2) is 4.98 Å². The Morgan fingerprint density at radius 1 is 1.11 bits per heavy atom. The van der Waals surface area contributed by atoms with E-state index in [9.17, 15) is 9.59 Å². The quantitative estimate of drug-likeness (QED) is 0.571. The van der Waals surface area contributed by atoms with E-state index in [-0.39, 0.29) is 18.0 Å². The average molecular weight is 374 g/mol. The number of aromatic nitrogens is 5. The number of benzene rings is 1. The van der Waals surface area contributed by atoms with Gasteiger partial charge in [0, 0.05) is 31.5 Å². The van der Waals surface area contributed by atoms with Gasteiger partial charge in [-0.2, -0.15) is 5.10 Å². The number of amides is 1. The molecule has 8 nitrogen and oxygen atoms in total. The summed E-state index contributed by atoms with van der Waals surface area (Å²) in [6.45, 7) is 0.243. The molecule has 0 bridgehead atoms. The van der Waals surface area contributed by atoms with E-state index in [4.69, 9.17) is 0 Å². The van der Waals surface area contributed by atoms with Gasteiger partial charge in [-0.05, 0) is 23.8 Å². The lowest BCUT2D eigenvalue weighted by atomic mass is 10.2. The predicted molar refractivity (Wildman–Crippen MR) is 104 cm³/mol. The number of aryl methyl sites for hydroxylation is 1. The van der Waals surface area contributed by atoms with Crippen LogP contribution in [0.3, 0.4) is 0 Å². The molecule has 0 aliphatic rings. The maximum absolute atomic E-state index is 12.4. The Hall–Kier alpha value is -3.81. The van der Waals surface area contributed by atoms with E-state index in [1.54, 1.807) is 35.3 Å². The van der Waals surface area contributed by atoms with Gasteiger partial charge in [0.2, 0.25) is 5.91 Å². The lowest BCUT2D eigenvalue weighted by Gasteiger charge is -2.08. The molecule has 4 aromatic rings. The van der Waals surface area contributed by atoms with E-state index in [1.807, 2.05) is 31.4 Å². The maximum atomic E-state index is 12.4. The lowest BCUT2D eigenvalue weighted by molar-refractivity contribution is -0.121. The van der Waals surface area contributed by atoms with Crippen molar-refractivity contribution in [2.24, 2.45) is 7.05 Å². The van der Waals surface area contributed by atoms with Crippen molar-refractivity contribution in [1.29, 1.82) is 0 Å². The first-order valence-electron chi connectivity index (χ1n) is 8.75. The number of hydrogen-bond donors (Lipinski definition) is 1. The highest BCUT2D eigenvalue weighted by Crippen LogP contribution is 2.15. The second-order valence-corrected chi connectivity index (χ2v) is 6.43. The summed E-state index contributed by atoms with van der Waals surface area (Å²) >= 11 is 0. The van der Waals surface area contributed by atoms with E-state index in [0.717, 1.165) is 16.8 Å². The number of carbonyl (C=O) groups is 1. The fourth-order valence-electron chi connectivity index (χ4n) is 2.88. The zero-order valence-corrected chi connectivity index (χ0v) is 15.2. The summed E-state index contributed by atoms with van der Waals surface area (Å²) < 4.78 is 3.02. The van der Waals surface area contributed by atoms with Crippen molar-refractivity contribution >= 4 is 16.8 Å². The van der Waals surface area contributed by atoms with Gasteiger partial charge in [0.05, 0.1) is 29.1 Å². The molecule has 8 heteroatoms. The van der Waals surface area contributed by atoms with Crippen LogP contribution in [0.1, 0.15) is 5.56 Å². The Balaban J connectivity index is 1.39. The molecule has 3 heterocycles. The molecule has 0 saturated carbocycles. The number of carbonyl (C=O) groups excluding carboxylic acids is 1. The molecule has 3 aromatic heterocycles. The van der Waals surface area contributed by atoms with E-state index in [0.29, 0.717) is 17.4 Å². The number of rotatable bonds is 5. The average Bonchev–Trinajstić information content (AvgIpc) is 3.15. The third-order valence-corrected chi connectivity index (χ3v) is 4.36. The van der Waals surface area contributed by atoms with Gasteiger partial charge in [-0.3, -0.25) is 23.8 Å². The van der Waals surface area contributed by atoms with Gasteiger partial charge in [0.1, 0.15) is 6.54 Å². The largest absolute Gasteiger partial charge is 0.350 e. The molecule has 28 heavy (non-hydrogen) atoms. The Kier molecular flexibility index (Phi) is 4.67. The van der Waals surface area contributed by atoms with Crippen LogP contribution in [-0.2, 0) is 24.9 Å². The highest BCUT2D eigenvalue weighted by atomic mass is 16.2. The molecule has 0 fully saturated rings.